The molecule has 0 aromatic carbocycles. The fourth-order valence-electron chi connectivity index (χ4n) is 0.921. The minimum Gasteiger partial charge on any atom is -0.343 e. The van der Waals surface area contributed by atoms with Gasteiger partial charge in [-0.3, -0.25) is 9.69 Å². The minimum atomic E-state index is 0. The summed E-state index contributed by atoms with van der Waals surface area (Å²) in [6.45, 7) is 6.27. The van der Waals surface area contributed by atoms with Gasteiger partial charge in [-0.2, -0.15) is 0 Å². The Morgan fingerprint density at radius 3 is 2.12 bits per heavy atom. The van der Waals surface area contributed by atoms with E-state index >= 15 is 0 Å². The van der Waals surface area contributed by atoms with Gasteiger partial charge in [-0.25, -0.2) is 0 Å². The molecule has 100 valence electrons. The molecule has 0 aliphatic carbocycles. The monoisotopic (exact) mass is 273 g/mol. The summed E-state index contributed by atoms with van der Waals surface area (Å²) in [7, 11) is 5.70. The van der Waals surface area contributed by atoms with E-state index in [1.807, 2.05) is 26.0 Å². The highest BCUT2D eigenvalue weighted by molar-refractivity contribution is 5.85. The zero-order valence-electron chi connectivity index (χ0n) is 10.8. The first-order valence-electron chi connectivity index (χ1n) is 5.07. The van der Waals surface area contributed by atoms with Crippen molar-refractivity contribution in [3.05, 3.63) is 0 Å². The van der Waals surface area contributed by atoms with Crippen molar-refractivity contribution >= 4 is 30.7 Å². The third-order valence-electron chi connectivity index (χ3n) is 2.39. The van der Waals surface area contributed by atoms with E-state index in [2.05, 4.69) is 19.2 Å². The average molecular weight is 274 g/mol. The fraction of sp³-hybridized carbons (Fsp3) is 0.900. The highest BCUT2D eigenvalue weighted by atomic mass is 35.5. The summed E-state index contributed by atoms with van der Waals surface area (Å²) in [5.41, 5.74) is 0. The van der Waals surface area contributed by atoms with Crippen LogP contribution in [-0.4, -0.2) is 62.5 Å². The predicted octanol–water partition coefficient (Wildman–Crippen LogP) is 0.848. The molecule has 0 radical (unpaired) electrons. The van der Waals surface area contributed by atoms with E-state index in [-0.39, 0.29) is 30.7 Å². The highest BCUT2D eigenvalue weighted by Crippen LogP contribution is 1.94. The summed E-state index contributed by atoms with van der Waals surface area (Å²) >= 11 is 0. The Bertz CT molecular complexity index is 179. The van der Waals surface area contributed by atoms with Gasteiger partial charge in [0, 0.05) is 26.2 Å². The first-order valence-corrected chi connectivity index (χ1v) is 5.07. The van der Waals surface area contributed by atoms with Gasteiger partial charge in [-0.1, -0.05) is 0 Å². The van der Waals surface area contributed by atoms with Crippen molar-refractivity contribution in [1.29, 1.82) is 0 Å². The third-order valence-corrected chi connectivity index (χ3v) is 2.39. The van der Waals surface area contributed by atoms with Crippen LogP contribution in [0.3, 0.4) is 0 Å². The summed E-state index contributed by atoms with van der Waals surface area (Å²) < 4.78 is 0. The molecule has 0 saturated carbocycles. The molecule has 0 fully saturated rings. The molecule has 0 bridgehead atoms. The Labute approximate surface area is 112 Å². The minimum absolute atomic E-state index is 0. The van der Waals surface area contributed by atoms with Crippen molar-refractivity contribution in [1.82, 2.24) is 15.1 Å². The van der Waals surface area contributed by atoms with Crippen LogP contribution in [0.15, 0.2) is 0 Å². The molecule has 0 atom stereocenters. The second kappa shape index (κ2) is 11.5. The van der Waals surface area contributed by atoms with E-state index in [4.69, 9.17) is 0 Å². The number of nitrogens with one attached hydrogen (secondary N) is 1. The van der Waals surface area contributed by atoms with E-state index in [1.165, 1.54) is 0 Å². The van der Waals surface area contributed by atoms with Gasteiger partial charge in [0.05, 0.1) is 6.54 Å². The van der Waals surface area contributed by atoms with Crippen molar-refractivity contribution in [2.75, 3.05) is 40.8 Å². The maximum atomic E-state index is 11.6. The van der Waals surface area contributed by atoms with Gasteiger partial charge in [0.1, 0.15) is 0 Å². The maximum Gasteiger partial charge on any atom is 0.236 e. The Hall–Kier alpha value is -0.0300. The smallest absolute Gasteiger partial charge is 0.236 e. The van der Waals surface area contributed by atoms with Crippen LogP contribution in [0.1, 0.15) is 13.8 Å². The van der Waals surface area contributed by atoms with Gasteiger partial charge in [0.15, 0.2) is 0 Å². The van der Waals surface area contributed by atoms with E-state index in [0.29, 0.717) is 12.6 Å². The average Bonchev–Trinajstić information content (AvgIpc) is 2.13. The Kier molecular flexibility index (Phi) is 15.2. The quantitative estimate of drug-likeness (QED) is 0.780. The van der Waals surface area contributed by atoms with Gasteiger partial charge in [-0.15, -0.1) is 24.8 Å². The van der Waals surface area contributed by atoms with Gasteiger partial charge >= 0.3 is 0 Å². The fourth-order valence-corrected chi connectivity index (χ4v) is 0.921. The summed E-state index contributed by atoms with van der Waals surface area (Å²) in [5, 5.41) is 3.02. The lowest BCUT2D eigenvalue weighted by Crippen LogP contribution is -2.41. The van der Waals surface area contributed by atoms with Crippen molar-refractivity contribution in [2.45, 2.75) is 19.9 Å². The lowest BCUT2D eigenvalue weighted by Gasteiger charge is -2.24. The zero-order valence-corrected chi connectivity index (χ0v) is 12.5. The standard InChI is InChI=1S/C10H23N3O.2ClH/c1-9(2)13(5)8-10(14)12(4)7-6-11-3;;/h9,11H,6-8H2,1-5H3;2*1H. The zero-order chi connectivity index (χ0) is 11.1. The number of hydrogen-bond donors (Lipinski definition) is 1. The van der Waals surface area contributed by atoms with Gasteiger partial charge in [0.2, 0.25) is 5.91 Å². The summed E-state index contributed by atoms with van der Waals surface area (Å²) in [5.74, 6) is 0.177. The number of halogens is 2. The molecule has 16 heavy (non-hydrogen) atoms. The first kappa shape index (κ1) is 21.3. The molecular weight excluding hydrogens is 249 g/mol. The van der Waals surface area contributed by atoms with Gasteiger partial charge < -0.3 is 10.2 Å². The second-order valence-electron chi connectivity index (χ2n) is 3.93. The number of rotatable bonds is 6. The van der Waals surface area contributed by atoms with Crippen LogP contribution >= 0.6 is 24.8 Å². The van der Waals surface area contributed by atoms with Crippen LogP contribution in [0, 0.1) is 0 Å². The number of nitrogens with zero attached hydrogens (tertiary/aromatic N) is 2. The van der Waals surface area contributed by atoms with Crippen LogP contribution in [0.25, 0.3) is 0 Å². The first-order chi connectivity index (χ1) is 6.49. The van der Waals surface area contributed by atoms with E-state index in [9.17, 15) is 4.79 Å². The molecule has 0 aromatic rings. The van der Waals surface area contributed by atoms with Crippen molar-refractivity contribution in [3.8, 4) is 0 Å². The second-order valence-corrected chi connectivity index (χ2v) is 3.93. The van der Waals surface area contributed by atoms with Crippen LogP contribution in [0.5, 0.6) is 0 Å². The van der Waals surface area contributed by atoms with Crippen molar-refractivity contribution in [2.24, 2.45) is 0 Å². The molecule has 1 N–H and O–H groups in total. The molecule has 0 aromatic heterocycles. The lowest BCUT2D eigenvalue weighted by molar-refractivity contribution is -0.131. The molecule has 0 saturated heterocycles. The summed E-state index contributed by atoms with van der Waals surface area (Å²) in [4.78, 5) is 15.4. The van der Waals surface area contributed by atoms with Gasteiger partial charge in [0.25, 0.3) is 0 Å². The molecule has 1 amide bonds. The molecule has 0 aliphatic heterocycles. The largest absolute Gasteiger partial charge is 0.343 e. The lowest BCUT2D eigenvalue weighted by atomic mass is 10.3. The molecular formula is C10H25Cl2N3O. The molecule has 0 spiro atoms. The summed E-state index contributed by atoms with van der Waals surface area (Å²) in [6.07, 6.45) is 0. The number of carbonyl (C=O) groups is 1. The topological polar surface area (TPSA) is 35.6 Å². The summed E-state index contributed by atoms with van der Waals surface area (Å²) in [6, 6.07) is 0.414. The predicted molar refractivity (Wildman–Crippen MR) is 73.8 cm³/mol. The van der Waals surface area contributed by atoms with E-state index in [0.717, 1.165) is 13.1 Å². The molecule has 0 heterocycles. The number of carbonyl (C=O) groups excluding carboxylic acids is 1. The normalized spacial score (nSPS) is 9.69. The number of likely N-dealkylation sites (N-methyl/N-ethyl adjacent to an activating group) is 3. The number of amides is 1. The third kappa shape index (κ3) is 9.21. The number of hydrogen-bond acceptors (Lipinski definition) is 3. The van der Waals surface area contributed by atoms with Crippen LogP contribution in [0.4, 0.5) is 0 Å². The highest BCUT2D eigenvalue weighted by Gasteiger charge is 2.12. The van der Waals surface area contributed by atoms with Gasteiger partial charge in [-0.05, 0) is 27.9 Å². The molecule has 4 nitrogen and oxygen atoms in total. The molecule has 6 heteroatoms. The van der Waals surface area contributed by atoms with Crippen LogP contribution < -0.4 is 5.32 Å². The maximum absolute atomic E-state index is 11.6. The van der Waals surface area contributed by atoms with Crippen molar-refractivity contribution in [3.63, 3.8) is 0 Å². The Balaban J connectivity index is -0.000000845. The SMILES string of the molecule is CNCCN(C)C(=O)CN(C)C(C)C.Cl.Cl. The molecule has 0 unspecified atom stereocenters. The Morgan fingerprint density at radius 1 is 1.25 bits per heavy atom. The van der Waals surface area contributed by atoms with E-state index in [1.54, 1.807) is 4.90 Å². The molecule has 0 aliphatic rings. The van der Waals surface area contributed by atoms with Crippen molar-refractivity contribution < 1.29 is 4.79 Å². The molecule has 0 rings (SSSR count). The van der Waals surface area contributed by atoms with Crippen LogP contribution in [0.2, 0.25) is 0 Å². The Morgan fingerprint density at radius 2 is 1.75 bits per heavy atom. The van der Waals surface area contributed by atoms with Crippen LogP contribution in [-0.2, 0) is 4.79 Å². The van der Waals surface area contributed by atoms with E-state index < -0.39 is 0 Å².